The molecular formula is C15H16ClF3N2O5S. The third kappa shape index (κ3) is 4.53. The maximum absolute atomic E-state index is 12.5. The summed E-state index contributed by atoms with van der Waals surface area (Å²) >= 11 is 6.18. The number of nitrogens with one attached hydrogen (secondary N) is 1. The minimum absolute atomic E-state index is 0.157. The van der Waals surface area contributed by atoms with Crippen LogP contribution in [0.2, 0.25) is 5.02 Å². The van der Waals surface area contributed by atoms with Crippen molar-refractivity contribution in [1.29, 1.82) is 0 Å². The predicted molar refractivity (Wildman–Crippen MR) is 93.6 cm³/mol. The summed E-state index contributed by atoms with van der Waals surface area (Å²) in [5.74, 6) is -3.28. The van der Waals surface area contributed by atoms with Crippen LogP contribution in [0.3, 0.4) is 0 Å². The van der Waals surface area contributed by atoms with Crippen molar-refractivity contribution in [3.8, 4) is 0 Å². The number of hydrogen-bond donors (Lipinski definition) is 2. The zero-order valence-electron chi connectivity index (χ0n) is 14.2. The van der Waals surface area contributed by atoms with Crippen LogP contribution in [0, 0.1) is 17.0 Å². The predicted octanol–water partition coefficient (Wildman–Crippen LogP) is 3.61. The van der Waals surface area contributed by atoms with Crippen LogP contribution in [0.25, 0.3) is 10.9 Å². The molecule has 1 heterocycles. The summed E-state index contributed by atoms with van der Waals surface area (Å²) < 4.78 is 61.2. The number of sulfone groups is 1. The van der Waals surface area contributed by atoms with E-state index in [-0.39, 0.29) is 33.7 Å². The number of alkyl halides is 3. The van der Waals surface area contributed by atoms with Crippen molar-refractivity contribution in [2.45, 2.75) is 32.0 Å². The van der Waals surface area contributed by atoms with E-state index in [0.29, 0.717) is 5.56 Å². The second-order valence-corrected chi connectivity index (χ2v) is 8.73. The molecule has 0 saturated heterocycles. The third-order valence-corrected chi connectivity index (χ3v) is 6.22. The third-order valence-electron chi connectivity index (χ3n) is 4.14. The van der Waals surface area contributed by atoms with Gasteiger partial charge in [-0.3, -0.25) is 10.1 Å². The van der Waals surface area contributed by atoms with Gasteiger partial charge in [-0.1, -0.05) is 18.5 Å². The van der Waals surface area contributed by atoms with Crippen LogP contribution >= 0.6 is 11.6 Å². The summed E-state index contributed by atoms with van der Waals surface area (Å²) in [6.07, 6.45) is -5.20. The largest absolute Gasteiger partial charge is 0.402 e. The normalized spacial score (nSPS) is 15.1. The summed E-state index contributed by atoms with van der Waals surface area (Å²) in [4.78, 5) is 13.1. The quantitative estimate of drug-likeness (QED) is 0.539. The first-order valence-electron chi connectivity index (χ1n) is 7.65. The van der Waals surface area contributed by atoms with Crippen LogP contribution in [0.5, 0.6) is 0 Å². The Labute approximate surface area is 157 Å². The van der Waals surface area contributed by atoms with Crippen LogP contribution in [-0.2, 0) is 15.4 Å². The van der Waals surface area contributed by atoms with Gasteiger partial charge in [0.05, 0.1) is 21.4 Å². The summed E-state index contributed by atoms with van der Waals surface area (Å²) in [6.45, 7) is 2.87. The number of aryl methyl sites for hydroxylation is 1. The number of aromatic amines is 1. The van der Waals surface area contributed by atoms with Crippen LogP contribution < -0.4 is 0 Å². The second kappa shape index (κ2) is 6.95. The number of benzene rings is 1. The Morgan fingerprint density at radius 3 is 2.37 bits per heavy atom. The van der Waals surface area contributed by atoms with Crippen molar-refractivity contribution >= 4 is 38.0 Å². The topological polar surface area (TPSA) is 113 Å². The van der Waals surface area contributed by atoms with Gasteiger partial charge in [-0.25, -0.2) is 8.42 Å². The summed E-state index contributed by atoms with van der Waals surface area (Å²) in [5, 5.41) is 21.8. The van der Waals surface area contributed by atoms with Gasteiger partial charge in [0.25, 0.3) is 5.69 Å². The Bertz CT molecular complexity index is 1000. The molecule has 0 fully saturated rings. The Morgan fingerprint density at radius 2 is 1.89 bits per heavy atom. The molecule has 0 radical (unpaired) electrons. The highest BCUT2D eigenvalue weighted by molar-refractivity contribution is 7.91. The van der Waals surface area contributed by atoms with Gasteiger partial charge in [0.2, 0.25) is 0 Å². The van der Waals surface area contributed by atoms with E-state index in [1.807, 2.05) is 0 Å². The van der Waals surface area contributed by atoms with E-state index in [2.05, 4.69) is 4.98 Å². The monoisotopic (exact) mass is 428 g/mol. The van der Waals surface area contributed by atoms with Gasteiger partial charge in [-0.15, -0.1) is 0 Å². The first kappa shape index (κ1) is 21.5. The van der Waals surface area contributed by atoms with E-state index in [9.17, 15) is 36.8 Å². The van der Waals surface area contributed by atoms with E-state index >= 15 is 0 Å². The molecule has 150 valence electrons. The molecule has 0 spiro atoms. The van der Waals surface area contributed by atoms with Crippen molar-refractivity contribution < 1.29 is 31.6 Å². The zero-order valence-corrected chi connectivity index (χ0v) is 15.8. The molecule has 2 N–H and O–H groups in total. The van der Waals surface area contributed by atoms with Gasteiger partial charge in [-0.05, 0) is 19.4 Å². The number of nitro groups is 1. The minimum atomic E-state index is -4.95. The van der Waals surface area contributed by atoms with Gasteiger partial charge in [0.15, 0.2) is 9.84 Å². The Morgan fingerprint density at radius 1 is 1.30 bits per heavy atom. The highest BCUT2D eigenvalue weighted by Gasteiger charge is 2.42. The minimum Gasteiger partial charge on any atom is -0.383 e. The molecule has 1 aromatic carbocycles. The van der Waals surface area contributed by atoms with Crippen LogP contribution in [0.15, 0.2) is 12.1 Å². The van der Waals surface area contributed by atoms with E-state index < -0.39 is 38.0 Å². The molecule has 1 aromatic heterocycles. The lowest BCUT2D eigenvalue weighted by Gasteiger charge is -2.26. The molecule has 0 saturated carbocycles. The van der Waals surface area contributed by atoms with Gasteiger partial charge in [-0.2, -0.15) is 13.2 Å². The zero-order chi connectivity index (χ0) is 20.8. The van der Waals surface area contributed by atoms with Gasteiger partial charge < -0.3 is 10.1 Å². The number of nitrogens with zero attached hydrogens (tertiary/aromatic N) is 1. The number of aliphatic hydroxyl groups is 1. The van der Waals surface area contributed by atoms with Crippen molar-refractivity contribution in [3.63, 3.8) is 0 Å². The fourth-order valence-electron chi connectivity index (χ4n) is 2.84. The maximum atomic E-state index is 12.5. The Kier molecular flexibility index (Phi) is 5.52. The molecular weight excluding hydrogens is 413 g/mol. The molecule has 12 heteroatoms. The van der Waals surface area contributed by atoms with Gasteiger partial charge >= 0.3 is 6.18 Å². The van der Waals surface area contributed by atoms with Crippen LogP contribution in [0.4, 0.5) is 18.9 Å². The maximum Gasteiger partial charge on any atom is 0.402 e. The standard InChI is InChI=1S/C15H16ClF3N2O5S/c1-3-14(22,6-27(25,26)7-15(17,18)19)13-12(16)9-5-11(21(23)24)8(2)4-10(9)20-13/h4-5,20,22H,3,6-7H2,1-2H3. The van der Waals surface area contributed by atoms with E-state index in [1.165, 1.54) is 19.9 Å². The van der Waals surface area contributed by atoms with Crippen molar-refractivity contribution in [3.05, 3.63) is 38.5 Å². The molecule has 7 nitrogen and oxygen atoms in total. The number of nitro benzene ring substituents is 1. The van der Waals surface area contributed by atoms with E-state index in [4.69, 9.17) is 11.6 Å². The fourth-order valence-corrected chi connectivity index (χ4v) is 4.89. The SMILES string of the molecule is CCC(O)(CS(=O)(=O)CC(F)(F)F)c1[nH]c2cc(C)c([N+](=O)[O-])cc2c1Cl. The van der Waals surface area contributed by atoms with E-state index in [1.54, 1.807) is 0 Å². The second-order valence-electron chi connectivity index (χ2n) is 6.29. The lowest BCUT2D eigenvalue weighted by atomic mass is 9.99. The molecule has 27 heavy (non-hydrogen) atoms. The van der Waals surface area contributed by atoms with Crippen molar-refractivity contribution in [2.75, 3.05) is 11.5 Å². The molecule has 0 aliphatic heterocycles. The molecule has 0 amide bonds. The lowest BCUT2D eigenvalue weighted by molar-refractivity contribution is -0.385. The van der Waals surface area contributed by atoms with Gasteiger partial charge in [0.1, 0.15) is 11.4 Å². The highest BCUT2D eigenvalue weighted by Crippen LogP contribution is 2.39. The smallest absolute Gasteiger partial charge is 0.383 e. The average molecular weight is 429 g/mol. The van der Waals surface area contributed by atoms with Gasteiger partial charge in [0, 0.05) is 22.5 Å². The first-order valence-corrected chi connectivity index (χ1v) is 9.85. The number of aromatic nitrogens is 1. The number of H-pyrrole nitrogens is 1. The molecule has 0 aliphatic rings. The molecule has 1 unspecified atom stereocenters. The highest BCUT2D eigenvalue weighted by atomic mass is 35.5. The summed E-state index contributed by atoms with van der Waals surface area (Å²) in [6, 6.07) is 2.55. The fraction of sp³-hybridized carbons (Fsp3) is 0.467. The summed E-state index contributed by atoms with van der Waals surface area (Å²) in [5.41, 5.74) is -2.07. The summed E-state index contributed by atoms with van der Waals surface area (Å²) in [7, 11) is -4.70. The molecule has 2 rings (SSSR count). The Balaban J connectivity index is 2.58. The average Bonchev–Trinajstić information content (AvgIpc) is 2.80. The number of rotatable bonds is 6. The molecule has 1 atom stereocenters. The number of halogens is 4. The van der Waals surface area contributed by atoms with Crippen LogP contribution in [0.1, 0.15) is 24.6 Å². The first-order chi connectivity index (χ1) is 12.2. The number of fused-ring (bicyclic) bond motifs is 1. The molecule has 2 aromatic rings. The number of hydrogen-bond acceptors (Lipinski definition) is 5. The van der Waals surface area contributed by atoms with Crippen LogP contribution in [-0.4, -0.2) is 41.1 Å². The molecule has 0 aliphatic carbocycles. The lowest BCUT2D eigenvalue weighted by Crippen LogP contribution is -2.38. The van der Waals surface area contributed by atoms with Crippen molar-refractivity contribution in [1.82, 2.24) is 4.98 Å². The Hall–Kier alpha value is -1.85. The molecule has 0 bridgehead atoms. The van der Waals surface area contributed by atoms with E-state index in [0.717, 1.165) is 6.07 Å². The van der Waals surface area contributed by atoms with Crippen molar-refractivity contribution in [2.24, 2.45) is 0 Å².